The van der Waals surface area contributed by atoms with Crippen molar-refractivity contribution >= 4 is 17.8 Å². The highest BCUT2D eigenvalue weighted by molar-refractivity contribution is 5.47. The summed E-state index contributed by atoms with van der Waals surface area (Å²) in [6.07, 6.45) is 7.69. The van der Waals surface area contributed by atoms with Crippen molar-refractivity contribution in [1.29, 1.82) is 0 Å². The average molecular weight is 502 g/mol. The van der Waals surface area contributed by atoms with Gasteiger partial charge >= 0.3 is 0 Å². The largest absolute Gasteiger partial charge is 0.338 e. The fraction of sp³-hybridized carbons (Fsp3) is 0.889. The molecule has 3 aliphatic rings. The van der Waals surface area contributed by atoms with Crippen LogP contribution in [0, 0.1) is 0 Å². The van der Waals surface area contributed by atoms with Gasteiger partial charge in [0.2, 0.25) is 17.8 Å². The van der Waals surface area contributed by atoms with Crippen LogP contribution >= 0.6 is 0 Å². The fourth-order valence-corrected chi connectivity index (χ4v) is 5.79. The van der Waals surface area contributed by atoms with E-state index in [-0.39, 0.29) is 0 Å². The number of rotatable bonds is 11. The number of piperazine rings is 3. The molecule has 3 saturated heterocycles. The Morgan fingerprint density at radius 1 is 0.583 bits per heavy atom. The minimum absolute atomic E-state index is 0.723. The van der Waals surface area contributed by atoms with Crippen molar-refractivity contribution in [2.24, 2.45) is 0 Å². The van der Waals surface area contributed by atoms with Gasteiger partial charge < -0.3 is 19.6 Å². The molecule has 9 heteroatoms. The Kier molecular flexibility index (Phi) is 10.4. The Labute approximate surface area is 219 Å². The van der Waals surface area contributed by atoms with Gasteiger partial charge in [-0.15, -0.1) is 0 Å². The van der Waals surface area contributed by atoms with Gasteiger partial charge in [-0.1, -0.05) is 40.0 Å². The van der Waals surface area contributed by atoms with Crippen LogP contribution < -0.4 is 14.7 Å². The van der Waals surface area contributed by atoms with E-state index in [9.17, 15) is 0 Å². The SMILES string of the molecule is CCCCN1CCN(c2nc(N3CCN(C)CC3)nc(N3CCN(C(CCC)CCC)CC3)n2)CC1. The molecule has 3 fully saturated rings. The predicted molar refractivity (Wildman–Crippen MR) is 150 cm³/mol. The van der Waals surface area contributed by atoms with Crippen LogP contribution in [0.15, 0.2) is 0 Å². The summed E-state index contributed by atoms with van der Waals surface area (Å²) in [5.74, 6) is 2.62. The number of hydrogen-bond donors (Lipinski definition) is 0. The van der Waals surface area contributed by atoms with E-state index in [1.807, 2.05) is 0 Å². The molecule has 36 heavy (non-hydrogen) atoms. The molecule has 1 aromatic heterocycles. The predicted octanol–water partition coefficient (Wildman–Crippen LogP) is 2.64. The van der Waals surface area contributed by atoms with Crippen LogP contribution in [0.3, 0.4) is 0 Å². The third-order valence-corrected chi connectivity index (χ3v) is 8.23. The van der Waals surface area contributed by atoms with E-state index >= 15 is 0 Å². The first-order valence-electron chi connectivity index (χ1n) is 14.8. The first-order valence-corrected chi connectivity index (χ1v) is 14.8. The van der Waals surface area contributed by atoms with Gasteiger partial charge in [0, 0.05) is 84.6 Å². The zero-order chi connectivity index (χ0) is 25.3. The normalized spacial score (nSPS) is 21.1. The molecule has 0 aromatic carbocycles. The van der Waals surface area contributed by atoms with Crippen molar-refractivity contribution in [1.82, 2.24) is 29.7 Å². The molecule has 0 saturated carbocycles. The highest BCUT2D eigenvalue weighted by Gasteiger charge is 2.28. The van der Waals surface area contributed by atoms with E-state index in [2.05, 4.69) is 57.2 Å². The Hall–Kier alpha value is -1.71. The second kappa shape index (κ2) is 13.7. The summed E-state index contributed by atoms with van der Waals surface area (Å²) in [6, 6.07) is 0.723. The van der Waals surface area contributed by atoms with Crippen molar-refractivity contribution in [2.45, 2.75) is 65.3 Å². The van der Waals surface area contributed by atoms with E-state index in [0.717, 1.165) is 102 Å². The molecule has 0 amide bonds. The quantitative estimate of drug-likeness (QED) is 0.455. The van der Waals surface area contributed by atoms with E-state index in [1.54, 1.807) is 0 Å². The number of aromatic nitrogens is 3. The number of likely N-dealkylation sites (N-methyl/N-ethyl adjacent to an activating group) is 1. The minimum Gasteiger partial charge on any atom is -0.338 e. The summed E-state index contributed by atoms with van der Waals surface area (Å²) < 4.78 is 0. The first kappa shape index (κ1) is 27.3. The summed E-state index contributed by atoms with van der Waals surface area (Å²) in [4.78, 5) is 30.0. The van der Waals surface area contributed by atoms with E-state index in [1.165, 1.54) is 45.1 Å². The molecule has 0 N–H and O–H groups in total. The Balaban J connectivity index is 1.47. The lowest BCUT2D eigenvalue weighted by molar-refractivity contribution is 0.165. The third kappa shape index (κ3) is 7.19. The molecule has 9 nitrogen and oxygen atoms in total. The van der Waals surface area contributed by atoms with Crippen molar-refractivity contribution in [3.63, 3.8) is 0 Å². The van der Waals surface area contributed by atoms with Crippen LogP contribution in [-0.4, -0.2) is 128 Å². The topological polar surface area (TPSA) is 58.1 Å². The van der Waals surface area contributed by atoms with Gasteiger partial charge in [0.25, 0.3) is 0 Å². The molecule has 3 aliphatic heterocycles. The van der Waals surface area contributed by atoms with Gasteiger partial charge in [-0.05, 0) is 32.9 Å². The van der Waals surface area contributed by atoms with Crippen molar-refractivity contribution in [3.05, 3.63) is 0 Å². The highest BCUT2D eigenvalue weighted by atomic mass is 15.4. The number of hydrogen-bond acceptors (Lipinski definition) is 9. The summed E-state index contributed by atoms with van der Waals surface area (Å²) in [6.45, 7) is 20.6. The second-order valence-corrected chi connectivity index (χ2v) is 11.0. The van der Waals surface area contributed by atoms with Gasteiger partial charge in [0.05, 0.1) is 0 Å². The standard InChI is InChI=1S/C27H51N9/c1-5-8-11-32-14-18-35(19-15-32)26-28-25(34-16-12-31(4)13-17-34)29-27(30-26)36-22-20-33(21-23-36)24(9-6-2)10-7-3/h24H,5-23H2,1-4H3. The van der Waals surface area contributed by atoms with E-state index in [4.69, 9.17) is 15.0 Å². The van der Waals surface area contributed by atoms with Gasteiger partial charge in [0.1, 0.15) is 0 Å². The first-order chi connectivity index (χ1) is 17.6. The zero-order valence-electron chi connectivity index (χ0n) is 23.5. The Bertz CT molecular complexity index is 761. The van der Waals surface area contributed by atoms with Crippen LogP contribution in [0.25, 0.3) is 0 Å². The maximum Gasteiger partial charge on any atom is 0.232 e. The van der Waals surface area contributed by atoms with Crippen molar-refractivity contribution in [3.8, 4) is 0 Å². The Morgan fingerprint density at radius 3 is 1.47 bits per heavy atom. The molecule has 0 radical (unpaired) electrons. The Morgan fingerprint density at radius 2 is 1.03 bits per heavy atom. The molecule has 0 bridgehead atoms. The van der Waals surface area contributed by atoms with Gasteiger partial charge in [0.15, 0.2) is 0 Å². The zero-order valence-corrected chi connectivity index (χ0v) is 23.5. The molecular formula is C27H51N9. The van der Waals surface area contributed by atoms with Crippen LogP contribution in [0.5, 0.6) is 0 Å². The maximum atomic E-state index is 5.08. The fourth-order valence-electron chi connectivity index (χ4n) is 5.79. The van der Waals surface area contributed by atoms with Crippen molar-refractivity contribution < 1.29 is 0 Å². The highest BCUT2D eigenvalue weighted by Crippen LogP contribution is 2.23. The number of nitrogens with zero attached hydrogens (tertiary/aromatic N) is 9. The van der Waals surface area contributed by atoms with Crippen LogP contribution in [0.2, 0.25) is 0 Å². The van der Waals surface area contributed by atoms with Crippen molar-refractivity contribution in [2.75, 3.05) is 107 Å². The lowest BCUT2D eigenvalue weighted by Gasteiger charge is -2.40. The maximum absolute atomic E-state index is 5.08. The van der Waals surface area contributed by atoms with Gasteiger partial charge in [-0.2, -0.15) is 15.0 Å². The minimum atomic E-state index is 0.723. The molecule has 4 heterocycles. The molecule has 0 atom stereocenters. The number of anilines is 3. The van der Waals surface area contributed by atoms with Gasteiger partial charge in [-0.3, -0.25) is 9.80 Å². The van der Waals surface area contributed by atoms with Gasteiger partial charge in [-0.25, -0.2) is 0 Å². The second-order valence-electron chi connectivity index (χ2n) is 11.0. The van der Waals surface area contributed by atoms with E-state index in [0.29, 0.717) is 0 Å². The van der Waals surface area contributed by atoms with Crippen LogP contribution in [-0.2, 0) is 0 Å². The summed E-state index contributed by atoms with van der Waals surface area (Å²) >= 11 is 0. The lowest BCUT2D eigenvalue weighted by atomic mass is 10.0. The average Bonchev–Trinajstić information content (AvgIpc) is 2.92. The molecule has 4 rings (SSSR count). The van der Waals surface area contributed by atoms with Crippen LogP contribution in [0.1, 0.15) is 59.3 Å². The van der Waals surface area contributed by atoms with Crippen LogP contribution in [0.4, 0.5) is 17.8 Å². The molecular weight excluding hydrogens is 450 g/mol. The summed E-state index contributed by atoms with van der Waals surface area (Å²) in [5, 5.41) is 0. The van der Waals surface area contributed by atoms with E-state index < -0.39 is 0 Å². The molecule has 204 valence electrons. The smallest absolute Gasteiger partial charge is 0.232 e. The summed E-state index contributed by atoms with van der Waals surface area (Å²) in [7, 11) is 2.20. The molecule has 0 aliphatic carbocycles. The third-order valence-electron chi connectivity index (χ3n) is 8.23. The monoisotopic (exact) mass is 501 g/mol. The summed E-state index contributed by atoms with van der Waals surface area (Å²) in [5.41, 5.74) is 0. The lowest BCUT2D eigenvalue weighted by Crippen LogP contribution is -2.51. The molecule has 0 unspecified atom stereocenters. The molecule has 1 aromatic rings. The number of unbranched alkanes of at least 4 members (excludes halogenated alkanes) is 1. The molecule has 0 spiro atoms.